The molecule has 0 amide bonds. The maximum atomic E-state index is 9.92. The molecule has 0 aromatic carbocycles. The predicted molar refractivity (Wildman–Crippen MR) is 27.3 cm³/mol. The summed E-state index contributed by atoms with van der Waals surface area (Å²) in [5, 5.41) is 16.8. The van der Waals surface area contributed by atoms with E-state index in [1.165, 1.54) is 0 Å². The standard InChI is InChI=1S/C4H9NO3/c1-4(8,2-5)3(6)7/h8H,2,5H2,1H3,(H,6,7)/t4-/m1/s1. The van der Waals surface area contributed by atoms with Crippen LogP contribution in [0, 0.1) is 0 Å². The number of rotatable bonds is 2. The number of hydrogen-bond donors (Lipinski definition) is 3. The molecule has 4 nitrogen and oxygen atoms in total. The third-order valence-corrected chi connectivity index (χ3v) is 0.858. The predicted octanol–water partition coefficient (Wildman–Crippen LogP) is -1.22. The van der Waals surface area contributed by atoms with Crippen molar-refractivity contribution in [3.63, 3.8) is 0 Å². The normalized spacial score (nSPS) is 17.4. The van der Waals surface area contributed by atoms with Crippen molar-refractivity contribution in [3.05, 3.63) is 0 Å². The molecule has 4 heteroatoms. The summed E-state index contributed by atoms with van der Waals surface area (Å²) < 4.78 is 0. The molecule has 4 N–H and O–H groups in total. The highest BCUT2D eigenvalue weighted by atomic mass is 16.4. The first-order valence-corrected chi connectivity index (χ1v) is 2.16. The number of carbonyl (C=O) groups is 1. The van der Waals surface area contributed by atoms with Crippen LogP contribution < -0.4 is 5.73 Å². The highest BCUT2D eigenvalue weighted by Gasteiger charge is 2.27. The molecule has 0 aliphatic rings. The Morgan fingerprint density at radius 2 is 2.25 bits per heavy atom. The SMILES string of the molecule is C[C@@](O)(CN)C(=O)O. The molecule has 0 aliphatic heterocycles. The Kier molecular flexibility index (Phi) is 1.94. The van der Waals surface area contributed by atoms with Gasteiger partial charge in [-0.25, -0.2) is 4.79 Å². The van der Waals surface area contributed by atoms with Crippen molar-refractivity contribution in [3.8, 4) is 0 Å². The first-order chi connectivity index (χ1) is 3.50. The molecule has 0 unspecified atom stereocenters. The Morgan fingerprint density at radius 1 is 1.88 bits per heavy atom. The van der Waals surface area contributed by atoms with Gasteiger partial charge in [0.05, 0.1) is 0 Å². The van der Waals surface area contributed by atoms with Crippen molar-refractivity contribution in [1.29, 1.82) is 0 Å². The Morgan fingerprint density at radius 3 is 2.25 bits per heavy atom. The van der Waals surface area contributed by atoms with E-state index in [-0.39, 0.29) is 6.54 Å². The molecule has 0 radical (unpaired) electrons. The molecule has 0 bridgehead atoms. The number of aliphatic hydroxyl groups is 1. The van der Waals surface area contributed by atoms with E-state index in [4.69, 9.17) is 15.9 Å². The molecule has 0 fully saturated rings. The van der Waals surface area contributed by atoms with Gasteiger partial charge in [0, 0.05) is 6.54 Å². The summed E-state index contributed by atoms with van der Waals surface area (Å²) in [5.74, 6) is -1.29. The van der Waals surface area contributed by atoms with Gasteiger partial charge in [0.15, 0.2) is 5.60 Å². The van der Waals surface area contributed by atoms with Crippen molar-refractivity contribution in [2.75, 3.05) is 6.54 Å². The van der Waals surface area contributed by atoms with Gasteiger partial charge in [-0.05, 0) is 6.92 Å². The van der Waals surface area contributed by atoms with Crippen LogP contribution in [0.5, 0.6) is 0 Å². The van der Waals surface area contributed by atoms with E-state index in [1.807, 2.05) is 0 Å². The van der Waals surface area contributed by atoms with Crippen LogP contribution in [-0.2, 0) is 4.79 Å². The second-order valence-electron chi connectivity index (χ2n) is 1.78. The van der Waals surface area contributed by atoms with E-state index in [2.05, 4.69) is 0 Å². The molecule has 0 spiro atoms. The third kappa shape index (κ3) is 1.48. The average Bonchev–Trinajstić information content (AvgIpc) is 1.67. The van der Waals surface area contributed by atoms with Gasteiger partial charge >= 0.3 is 5.97 Å². The second-order valence-corrected chi connectivity index (χ2v) is 1.78. The topological polar surface area (TPSA) is 83.5 Å². The smallest absolute Gasteiger partial charge is 0.336 e. The quantitative estimate of drug-likeness (QED) is 0.425. The summed E-state index contributed by atoms with van der Waals surface area (Å²) in [6.45, 7) is 0.887. The summed E-state index contributed by atoms with van der Waals surface area (Å²) in [7, 11) is 0. The van der Waals surface area contributed by atoms with Gasteiger partial charge in [0.25, 0.3) is 0 Å². The molecule has 0 rings (SSSR count). The minimum absolute atomic E-state index is 0.262. The van der Waals surface area contributed by atoms with Crippen LogP contribution in [0.1, 0.15) is 6.92 Å². The van der Waals surface area contributed by atoms with E-state index >= 15 is 0 Å². The van der Waals surface area contributed by atoms with Crippen LogP contribution >= 0.6 is 0 Å². The van der Waals surface area contributed by atoms with Crippen LogP contribution in [0.4, 0.5) is 0 Å². The molecule has 0 heterocycles. The zero-order valence-electron chi connectivity index (χ0n) is 4.59. The van der Waals surface area contributed by atoms with Gasteiger partial charge < -0.3 is 15.9 Å². The molecule has 0 saturated carbocycles. The lowest BCUT2D eigenvalue weighted by Gasteiger charge is -2.13. The van der Waals surface area contributed by atoms with Crippen LogP contribution in [0.2, 0.25) is 0 Å². The number of carboxylic acids is 1. The molecule has 0 aliphatic carbocycles. The summed E-state index contributed by atoms with van der Waals surface area (Å²) in [4.78, 5) is 9.92. The van der Waals surface area contributed by atoms with Crippen molar-refractivity contribution < 1.29 is 15.0 Å². The molecule has 0 aromatic heterocycles. The Hall–Kier alpha value is -0.610. The molecular formula is C4H9NO3. The highest BCUT2D eigenvalue weighted by molar-refractivity contribution is 5.76. The van der Waals surface area contributed by atoms with Gasteiger partial charge in [-0.2, -0.15) is 0 Å². The number of nitrogens with two attached hydrogens (primary N) is 1. The lowest BCUT2D eigenvalue weighted by Crippen LogP contribution is -2.42. The fraction of sp³-hybridized carbons (Fsp3) is 0.750. The van der Waals surface area contributed by atoms with Gasteiger partial charge in [0.1, 0.15) is 0 Å². The van der Waals surface area contributed by atoms with Gasteiger partial charge in [-0.15, -0.1) is 0 Å². The fourth-order valence-corrected chi connectivity index (χ4v) is 0.0873. The molecule has 8 heavy (non-hydrogen) atoms. The third-order valence-electron chi connectivity index (χ3n) is 0.858. The van der Waals surface area contributed by atoms with Crippen LogP contribution in [0.15, 0.2) is 0 Å². The average molecular weight is 119 g/mol. The van der Waals surface area contributed by atoms with Gasteiger partial charge in [0.2, 0.25) is 0 Å². The summed E-state index contributed by atoms with van der Waals surface area (Å²) in [5.41, 5.74) is 3.11. The van der Waals surface area contributed by atoms with Crippen LogP contribution in [0.25, 0.3) is 0 Å². The monoisotopic (exact) mass is 119 g/mol. The first-order valence-electron chi connectivity index (χ1n) is 2.16. The lowest BCUT2D eigenvalue weighted by atomic mass is 10.1. The molecule has 0 aromatic rings. The van der Waals surface area contributed by atoms with Crippen molar-refractivity contribution in [2.45, 2.75) is 12.5 Å². The molecule has 48 valence electrons. The molecular weight excluding hydrogens is 110 g/mol. The van der Waals surface area contributed by atoms with E-state index < -0.39 is 11.6 Å². The Labute approximate surface area is 46.9 Å². The lowest BCUT2D eigenvalue weighted by molar-refractivity contribution is -0.155. The zero-order chi connectivity index (χ0) is 6.78. The molecule has 0 saturated heterocycles. The summed E-state index contributed by atoms with van der Waals surface area (Å²) >= 11 is 0. The zero-order valence-corrected chi connectivity index (χ0v) is 4.59. The van der Waals surface area contributed by atoms with Gasteiger partial charge in [-0.3, -0.25) is 0 Å². The maximum absolute atomic E-state index is 9.92. The highest BCUT2D eigenvalue weighted by Crippen LogP contribution is 1.97. The maximum Gasteiger partial charge on any atom is 0.336 e. The number of hydrogen-bond acceptors (Lipinski definition) is 3. The van der Waals surface area contributed by atoms with Crippen LogP contribution in [-0.4, -0.2) is 28.3 Å². The van der Waals surface area contributed by atoms with Crippen molar-refractivity contribution in [1.82, 2.24) is 0 Å². The second kappa shape index (κ2) is 2.11. The van der Waals surface area contributed by atoms with E-state index in [0.717, 1.165) is 6.92 Å². The number of carboxylic acid groups (broad SMARTS) is 1. The fourth-order valence-electron chi connectivity index (χ4n) is 0.0873. The Balaban J connectivity index is 3.91. The van der Waals surface area contributed by atoms with Gasteiger partial charge in [-0.1, -0.05) is 0 Å². The van der Waals surface area contributed by atoms with Crippen LogP contribution in [0.3, 0.4) is 0 Å². The van der Waals surface area contributed by atoms with E-state index in [1.54, 1.807) is 0 Å². The van der Waals surface area contributed by atoms with Crippen molar-refractivity contribution in [2.24, 2.45) is 5.73 Å². The number of aliphatic carboxylic acids is 1. The molecule has 1 atom stereocenters. The van der Waals surface area contributed by atoms with E-state index in [0.29, 0.717) is 0 Å². The minimum Gasteiger partial charge on any atom is -0.479 e. The Bertz CT molecular complexity index is 99.5. The first kappa shape index (κ1) is 7.39. The summed E-state index contributed by atoms with van der Waals surface area (Å²) in [6, 6.07) is 0. The van der Waals surface area contributed by atoms with E-state index in [9.17, 15) is 4.79 Å². The van der Waals surface area contributed by atoms with Crippen molar-refractivity contribution >= 4 is 5.97 Å². The largest absolute Gasteiger partial charge is 0.479 e. The summed E-state index contributed by atoms with van der Waals surface area (Å²) in [6.07, 6.45) is 0. The minimum atomic E-state index is -1.76.